The highest BCUT2D eigenvalue weighted by atomic mass is 19.2. The van der Waals surface area contributed by atoms with Crippen LogP contribution in [0.1, 0.15) is 76.2 Å². The van der Waals surface area contributed by atoms with Gasteiger partial charge < -0.3 is 0 Å². The van der Waals surface area contributed by atoms with Gasteiger partial charge in [-0.2, -0.15) is 0 Å². The maximum atomic E-state index is 13.4. The summed E-state index contributed by atoms with van der Waals surface area (Å²) < 4.78 is 26.5. The van der Waals surface area contributed by atoms with Crippen LogP contribution in [-0.2, 0) is 0 Å². The van der Waals surface area contributed by atoms with Crippen molar-refractivity contribution >= 4 is 0 Å². The third-order valence-corrected chi connectivity index (χ3v) is 6.35. The first-order valence-electron chi connectivity index (χ1n) is 10.3. The molecule has 2 aliphatic carbocycles. The van der Waals surface area contributed by atoms with E-state index in [0.29, 0.717) is 11.8 Å². The standard InChI is InChI=1S/C24H30F2/c1-2-18-7-9-19(10-8-18)5-3-4-6-20-11-13-21(14-12-20)22-15-16-23(25)24(26)17-22/h3,5,15-21H,2,7-14H2,1H3/t18-,19-,20-,21-. The average molecular weight is 357 g/mol. The van der Waals surface area contributed by atoms with Gasteiger partial charge in [0.25, 0.3) is 0 Å². The number of benzene rings is 1. The molecule has 0 aromatic heterocycles. The quantitative estimate of drug-likeness (QED) is 0.511. The largest absolute Gasteiger partial charge is 0.204 e. The molecular weight excluding hydrogens is 326 g/mol. The minimum absolute atomic E-state index is 0.340. The molecule has 1 aromatic carbocycles. The fraction of sp³-hybridized carbons (Fsp3) is 0.583. The van der Waals surface area contributed by atoms with E-state index in [0.717, 1.165) is 43.1 Å². The smallest absolute Gasteiger partial charge is 0.159 e. The highest BCUT2D eigenvalue weighted by Gasteiger charge is 2.22. The highest BCUT2D eigenvalue weighted by molar-refractivity contribution is 5.23. The number of allylic oxidation sites excluding steroid dienone is 2. The Morgan fingerprint density at radius 2 is 1.69 bits per heavy atom. The molecule has 0 bridgehead atoms. The lowest BCUT2D eigenvalue weighted by Gasteiger charge is -2.26. The lowest BCUT2D eigenvalue weighted by Crippen LogP contribution is -2.12. The Balaban J connectivity index is 1.44. The molecule has 0 amide bonds. The summed E-state index contributed by atoms with van der Waals surface area (Å²) >= 11 is 0. The first-order chi connectivity index (χ1) is 12.7. The Morgan fingerprint density at radius 3 is 2.35 bits per heavy atom. The molecule has 0 heterocycles. The summed E-state index contributed by atoms with van der Waals surface area (Å²) in [5.74, 6) is 7.61. The summed E-state index contributed by atoms with van der Waals surface area (Å²) in [6.07, 6.45) is 15.2. The molecule has 0 spiro atoms. The van der Waals surface area contributed by atoms with E-state index in [-0.39, 0.29) is 0 Å². The van der Waals surface area contributed by atoms with E-state index in [1.165, 1.54) is 44.2 Å². The van der Waals surface area contributed by atoms with Crippen LogP contribution in [0.5, 0.6) is 0 Å². The van der Waals surface area contributed by atoms with Crippen LogP contribution in [0.3, 0.4) is 0 Å². The molecule has 0 saturated heterocycles. The Morgan fingerprint density at radius 1 is 0.962 bits per heavy atom. The van der Waals surface area contributed by atoms with Crippen molar-refractivity contribution < 1.29 is 8.78 Å². The summed E-state index contributed by atoms with van der Waals surface area (Å²) in [4.78, 5) is 0. The van der Waals surface area contributed by atoms with Gasteiger partial charge in [0.05, 0.1) is 0 Å². The molecule has 1 aromatic rings. The second kappa shape index (κ2) is 9.36. The molecule has 140 valence electrons. The number of halogens is 2. The van der Waals surface area contributed by atoms with Crippen molar-refractivity contribution in [3.63, 3.8) is 0 Å². The van der Waals surface area contributed by atoms with E-state index < -0.39 is 11.6 Å². The van der Waals surface area contributed by atoms with Gasteiger partial charge in [-0.15, -0.1) is 0 Å². The van der Waals surface area contributed by atoms with E-state index >= 15 is 0 Å². The predicted molar refractivity (Wildman–Crippen MR) is 104 cm³/mol. The fourth-order valence-corrected chi connectivity index (χ4v) is 4.48. The second-order valence-corrected chi connectivity index (χ2v) is 8.06. The fourth-order valence-electron chi connectivity index (χ4n) is 4.48. The lowest BCUT2D eigenvalue weighted by atomic mass is 9.79. The summed E-state index contributed by atoms with van der Waals surface area (Å²) in [5, 5.41) is 0. The highest BCUT2D eigenvalue weighted by Crippen LogP contribution is 2.36. The van der Waals surface area contributed by atoms with Gasteiger partial charge >= 0.3 is 0 Å². The zero-order valence-electron chi connectivity index (χ0n) is 15.8. The van der Waals surface area contributed by atoms with Crippen LogP contribution in [0.4, 0.5) is 8.78 Å². The van der Waals surface area contributed by atoms with Gasteiger partial charge in [0.1, 0.15) is 0 Å². The minimum atomic E-state index is -0.761. The number of hydrogen-bond donors (Lipinski definition) is 0. The van der Waals surface area contributed by atoms with E-state index in [1.807, 2.05) is 0 Å². The van der Waals surface area contributed by atoms with Crippen LogP contribution in [0.2, 0.25) is 0 Å². The minimum Gasteiger partial charge on any atom is -0.204 e. The molecule has 3 rings (SSSR count). The SMILES string of the molecule is CC[C@H]1CC[C@H](C=CC#C[C@H]2CC[C@H](c3ccc(F)c(F)c3)CC2)CC1. The normalized spacial score (nSPS) is 29.3. The molecule has 0 radical (unpaired) electrons. The first kappa shape index (κ1) is 19.2. The Kier molecular flexibility index (Phi) is 6.89. The summed E-state index contributed by atoms with van der Waals surface area (Å²) in [5.41, 5.74) is 0.929. The van der Waals surface area contributed by atoms with Crippen LogP contribution < -0.4 is 0 Å². The Bertz CT molecular complexity index is 663. The molecule has 0 atom stereocenters. The first-order valence-corrected chi connectivity index (χ1v) is 10.3. The number of rotatable bonds is 3. The van der Waals surface area contributed by atoms with Crippen LogP contribution in [0, 0.1) is 41.2 Å². The van der Waals surface area contributed by atoms with E-state index in [9.17, 15) is 8.78 Å². The summed E-state index contributed by atoms with van der Waals surface area (Å²) in [6.45, 7) is 2.30. The molecule has 0 N–H and O–H groups in total. The Hall–Kier alpha value is -1.62. The molecule has 0 nitrogen and oxygen atoms in total. The molecule has 2 heteroatoms. The molecule has 2 fully saturated rings. The zero-order valence-corrected chi connectivity index (χ0v) is 15.8. The predicted octanol–water partition coefficient (Wildman–Crippen LogP) is 7.01. The molecule has 2 saturated carbocycles. The maximum absolute atomic E-state index is 13.4. The molecule has 2 aliphatic rings. The molecular formula is C24H30F2. The van der Waals surface area contributed by atoms with Gasteiger partial charge in [-0.25, -0.2) is 8.78 Å². The van der Waals surface area contributed by atoms with E-state index in [2.05, 4.69) is 30.9 Å². The third-order valence-electron chi connectivity index (χ3n) is 6.35. The third kappa shape index (κ3) is 5.19. The van der Waals surface area contributed by atoms with Crippen LogP contribution in [0.25, 0.3) is 0 Å². The Labute approximate surface area is 157 Å². The zero-order chi connectivity index (χ0) is 18.4. The van der Waals surface area contributed by atoms with E-state index in [4.69, 9.17) is 0 Å². The van der Waals surface area contributed by atoms with Crippen LogP contribution in [0.15, 0.2) is 30.4 Å². The number of hydrogen-bond acceptors (Lipinski definition) is 0. The van der Waals surface area contributed by atoms with Crippen LogP contribution >= 0.6 is 0 Å². The van der Waals surface area contributed by atoms with Gasteiger partial charge in [0.2, 0.25) is 0 Å². The van der Waals surface area contributed by atoms with Crippen molar-refractivity contribution in [2.75, 3.05) is 0 Å². The van der Waals surface area contributed by atoms with Crippen molar-refractivity contribution in [3.05, 3.63) is 47.5 Å². The van der Waals surface area contributed by atoms with Crippen molar-refractivity contribution in [1.29, 1.82) is 0 Å². The average Bonchev–Trinajstić information content (AvgIpc) is 2.68. The topological polar surface area (TPSA) is 0 Å². The van der Waals surface area contributed by atoms with Gasteiger partial charge in [0, 0.05) is 5.92 Å². The molecule has 0 unspecified atom stereocenters. The molecule has 26 heavy (non-hydrogen) atoms. The van der Waals surface area contributed by atoms with Crippen molar-refractivity contribution in [1.82, 2.24) is 0 Å². The van der Waals surface area contributed by atoms with E-state index in [1.54, 1.807) is 6.07 Å². The van der Waals surface area contributed by atoms with Crippen molar-refractivity contribution in [2.24, 2.45) is 17.8 Å². The second-order valence-electron chi connectivity index (χ2n) is 8.06. The van der Waals surface area contributed by atoms with Gasteiger partial charge in [-0.05, 0) is 92.9 Å². The van der Waals surface area contributed by atoms with Crippen molar-refractivity contribution in [3.8, 4) is 11.8 Å². The monoisotopic (exact) mass is 356 g/mol. The summed E-state index contributed by atoms with van der Waals surface area (Å²) in [7, 11) is 0. The van der Waals surface area contributed by atoms with Crippen molar-refractivity contribution in [2.45, 2.75) is 70.6 Å². The van der Waals surface area contributed by atoms with Gasteiger partial charge in [-0.1, -0.05) is 37.3 Å². The molecule has 0 aliphatic heterocycles. The van der Waals surface area contributed by atoms with Crippen LogP contribution in [-0.4, -0.2) is 0 Å². The maximum Gasteiger partial charge on any atom is 0.159 e. The van der Waals surface area contributed by atoms with Gasteiger partial charge in [0.15, 0.2) is 11.6 Å². The summed E-state index contributed by atoms with van der Waals surface area (Å²) in [6, 6.07) is 4.34. The lowest BCUT2D eigenvalue weighted by molar-refractivity contribution is 0.304. The van der Waals surface area contributed by atoms with Gasteiger partial charge in [-0.3, -0.25) is 0 Å².